The van der Waals surface area contributed by atoms with Gasteiger partial charge in [-0.25, -0.2) is 0 Å². The molecule has 0 fully saturated rings. The van der Waals surface area contributed by atoms with Crippen LogP contribution in [0.25, 0.3) is 0 Å². The van der Waals surface area contributed by atoms with E-state index in [1.807, 2.05) is 12.1 Å². The Morgan fingerprint density at radius 2 is 1.78 bits per heavy atom. The highest BCUT2D eigenvalue weighted by atomic mass is 79.9. The number of rotatable bonds is 5. The predicted molar refractivity (Wildman–Crippen MR) is 87.8 cm³/mol. The molecule has 1 heterocycles. The molecule has 0 amide bonds. The minimum absolute atomic E-state index is 0.0227. The van der Waals surface area contributed by atoms with Crippen molar-refractivity contribution in [3.63, 3.8) is 0 Å². The molecule has 0 saturated heterocycles. The summed E-state index contributed by atoms with van der Waals surface area (Å²) in [6.07, 6.45) is 0.243. The minimum atomic E-state index is -0.0227. The van der Waals surface area contributed by atoms with Crippen molar-refractivity contribution in [3.8, 4) is 23.0 Å². The fourth-order valence-electron chi connectivity index (χ4n) is 2.38. The van der Waals surface area contributed by atoms with Crippen LogP contribution in [0.5, 0.6) is 23.0 Å². The Morgan fingerprint density at radius 1 is 1.09 bits per heavy atom. The van der Waals surface area contributed by atoms with Gasteiger partial charge in [0, 0.05) is 16.5 Å². The number of hydrogen-bond acceptors (Lipinski definition) is 5. The van der Waals surface area contributed by atoms with Gasteiger partial charge in [-0.2, -0.15) is 0 Å². The van der Waals surface area contributed by atoms with Crippen LogP contribution >= 0.6 is 15.9 Å². The quantitative estimate of drug-likeness (QED) is 0.743. The van der Waals surface area contributed by atoms with Gasteiger partial charge in [0.15, 0.2) is 28.8 Å². The van der Waals surface area contributed by atoms with Gasteiger partial charge in [-0.15, -0.1) is 0 Å². The molecule has 0 unspecified atom stereocenters. The van der Waals surface area contributed by atoms with E-state index in [4.69, 9.17) is 18.9 Å². The Labute approximate surface area is 142 Å². The second kappa shape index (κ2) is 6.50. The van der Waals surface area contributed by atoms with E-state index in [9.17, 15) is 4.79 Å². The molecule has 0 atom stereocenters. The van der Waals surface area contributed by atoms with Crippen molar-refractivity contribution in [2.75, 3.05) is 21.0 Å². The molecule has 0 bridgehead atoms. The van der Waals surface area contributed by atoms with Crippen LogP contribution in [0, 0.1) is 0 Å². The van der Waals surface area contributed by atoms with Crippen LogP contribution in [-0.4, -0.2) is 26.8 Å². The zero-order chi connectivity index (χ0) is 16.4. The number of Topliss-reactive ketones (excluding diaryl/α,β-unsaturated/α-hetero) is 1. The molecule has 2 aromatic rings. The first kappa shape index (κ1) is 15.7. The van der Waals surface area contributed by atoms with Gasteiger partial charge in [0.1, 0.15) is 0 Å². The van der Waals surface area contributed by atoms with E-state index in [1.165, 1.54) is 0 Å². The van der Waals surface area contributed by atoms with Crippen molar-refractivity contribution in [3.05, 3.63) is 45.9 Å². The fraction of sp³-hybridized carbons (Fsp3) is 0.235. The monoisotopic (exact) mass is 378 g/mol. The van der Waals surface area contributed by atoms with E-state index < -0.39 is 0 Å². The van der Waals surface area contributed by atoms with Crippen molar-refractivity contribution in [2.24, 2.45) is 0 Å². The molecular formula is C17H15BrO5. The van der Waals surface area contributed by atoms with E-state index in [-0.39, 0.29) is 19.0 Å². The summed E-state index contributed by atoms with van der Waals surface area (Å²) < 4.78 is 21.9. The summed E-state index contributed by atoms with van der Waals surface area (Å²) in [6, 6.07) is 8.78. The number of carbonyl (C=O) groups is 1. The summed E-state index contributed by atoms with van der Waals surface area (Å²) in [5, 5.41) is 0. The highest BCUT2D eigenvalue weighted by Crippen LogP contribution is 2.37. The third-order valence-corrected chi connectivity index (χ3v) is 4.34. The summed E-state index contributed by atoms with van der Waals surface area (Å²) in [7, 11) is 3.10. The number of benzene rings is 2. The molecule has 0 saturated carbocycles. The molecule has 0 aliphatic carbocycles. The molecule has 0 aromatic heterocycles. The average Bonchev–Trinajstić information content (AvgIpc) is 3.01. The average molecular weight is 379 g/mol. The smallest absolute Gasteiger partial charge is 0.231 e. The van der Waals surface area contributed by atoms with Crippen molar-refractivity contribution in [1.82, 2.24) is 0 Å². The Kier molecular flexibility index (Phi) is 4.43. The van der Waals surface area contributed by atoms with Crippen LogP contribution in [0.4, 0.5) is 0 Å². The number of halogens is 1. The van der Waals surface area contributed by atoms with Gasteiger partial charge in [-0.3, -0.25) is 4.79 Å². The van der Waals surface area contributed by atoms with Gasteiger partial charge < -0.3 is 18.9 Å². The molecule has 6 heteroatoms. The summed E-state index contributed by atoms with van der Waals surface area (Å²) in [6.45, 7) is 0.203. The van der Waals surface area contributed by atoms with Gasteiger partial charge in [0.25, 0.3) is 0 Å². The van der Waals surface area contributed by atoms with Crippen LogP contribution < -0.4 is 18.9 Å². The van der Waals surface area contributed by atoms with Crippen molar-refractivity contribution < 1.29 is 23.7 Å². The lowest BCUT2D eigenvalue weighted by molar-refractivity contribution is 0.0992. The van der Waals surface area contributed by atoms with E-state index in [0.29, 0.717) is 28.6 Å². The second-order valence-electron chi connectivity index (χ2n) is 4.97. The Hall–Kier alpha value is -2.21. The highest BCUT2D eigenvalue weighted by Gasteiger charge is 2.19. The van der Waals surface area contributed by atoms with Crippen LogP contribution in [0.15, 0.2) is 34.8 Å². The first-order valence-corrected chi connectivity index (χ1v) is 7.75. The number of hydrogen-bond donors (Lipinski definition) is 0. The summed E-state index contributed by atoms with van der Waals surface area (Å²) >= 11 is 3.47. The molecule has 5 nitrogen and oxygen atoms in total. The third kappa shape index (κ3) is 3.12. The van der Waals surface area contributed by atoms with Crippen LogP contribution in [0.1, 0.15) is 15.9 Å². The molecule has 0 N–H and O–H groups in total. The lowest BCUT2D eigenvalue weighted by atomic mass is 10.0. The van der Waals surface area contributed by atoms with Gasteiger partial charge >= 0.3 is 0 Å². The van der Waals surface area contributed by atoms with Crippen molar-refractivity contribution >= 4 is 21.7 Å². The van der Waals surface area contributed by atoms with E-state index >= 15 is 0 Å². The summed E-state index contributed by atoms with van der Waals surface area (Å²) in [4.78, 5) is 12.5. The zero-order valence-electron chi connectivity index (χ0n) is 12.7. The minimum Gasteiger partial charge on any atom is -0.493 e. The third-order valence-electron chi connectivity index (χ3n) is 3.60. The maximum atomic E-state index is 12.5. The molecule has 2 aromatic carbocycles. The van der Waals surface area contributed by atoms with E-state index in [2.05, 4.69) is 15.9 Å². The van der Waals surface area contributed by atoms with Gasteiger partial charge in [0.2, 0.25) is 6.79 Å². The van der Waals surface area contributed by atoms with E-state index in [0.717, 1.165) is 10.0 Å². The largest absolute Gasteiger partial charge is 0.493 e. The fourth-order valence-corrected chi connectivity index (χ4v) is 2.84. The number of ether oxygens (including phenoxy) is 4. The standard InChI is InChI=1S/C17H15BrO5/c1-20-14-4-3-10(6-15(14)21-2)13(19)5-11-7-16-17(8-12(11)18)23-9-22-16/h3-4,6-8H,5,9H2,1-2H3. The number of fused-ring (bicyclic) bond motifs is 1. The lowest BCUT2D eigenvalue weighted by Crippen LogP contribution is -2.05. The normalized spacial score (nSPS) is 12.1. The Balaban J connectivity index is 1.85. The van der Waals surface area contributed by atoms with Gasteiger partial charge in [-0.1, -0.05) is 15.9 Å². The zero-order valence-corrected chi connectivity index (χ0v) is 14.3. The maximum Gasteiger partial charge on any atom is 0.231 e. The number of carbonyl (C=O) groups excluding carboxylic acids is 1. The topological polar surface area (TPSA) is 54.0 Å². The molecule has 23 heavy (non-hydrogen) atoms. The van der Waals surface area contributed by atoms with E-state index in [1.54, 1.807) is 32.4 Å². The van der Waals surface area contributed by atoms with Crippen LogP contribution in [0.2, 0.25) is 0 Å². The number of ketones is 1. The first-order chi connectivity index (χ1) is 11.1. The van der Waals surface area contributed by atoms with Gasteiger partial charge in [-0.05, 0) is 35.9 Å². The van der Waals surface area contributed by atoms with Crippen molar-refractivity contribution in [2.45, 2.75) is 6.42 Å². The maximum absolute atomic E-state index is 12.5. The van der Waals surface area contributed by atoms with Gasteiger partial charge in [0.05, 0.1) is 14.2 Å². The van der Waals surface area contributed by atoms with Crippen molar-refractivity contribution in [1.29, 1.82) is 0 Å². The highest BCUT2D eigenvalue weighted by molar-refractivity contribution is 9.10. The Morgan fingerprint density at radius 3 is 2.48 bits per heavy atom. The number of methoxy groups -OCH3 is 2. The SMILES string of the molecule is COc1ccc(C(=O)Cc2cc3c(cc2Br)OCO3)cc1OC. The Bertz CT molecular complexity index is 757. The molecular weight excluding hydrogens is 364 g/mol. The predicted octanol–water partition coefficient (Wildman–Crippen LogP) is 3.62. The summed E-state index contributed by atoms with van der Waals surface area (Å²) in [5.74, 6) is 2.43. The van der Waals surface area contributed by atoms with Crippen LogP contribution in [-0.2, 0) is 6.42 Å². The molecule has 1 aliphatic heterocycles. The molecule has 3 rings (SSSR count). The lowest BCUT2D eigenvalue weighted by Gasteiger charge is -2.10. The molecule has 1 aliphatic rings. The first-order valence-electron chi connectivity index (χ1n) is 6.95. The molecule has 120 valence electrons. The summed E-state index contributed by atoms with van der Waals surface area (Å²) in [5.41, 5.74) is 1.40. The van der Waals surface area contributed by atoms with Crippen LogP contribution in [0.3, 0.4) is 0 Å². The molecule has 0 radical (unpaired) electrons. The molecule has 0 spiro atoms. The second-order valence-corrected chi connectivity index (χ2v) is 5.82.